The van der Waals surface area contributed by atoms with E-state index in [9.17, 15) is 9.59 Å². The maximum Gasteiger partial charge on any atom is 0.340 e. The van der Waals surface area contributed by atoms with E-state index in [0.717, 1.165) is 5.56 Å². The van der Waals surface area contributed by atoms with Gasteiger partial charge in [-0.2, -0.15) is 0 Å². The molecule has 1 atom stereocenters. The van der Waals surface area contributed by atoms with Crippen molar-refractivity contribution in [3.05, 3.63) is 63.9 Å². The van der Waals surface area contributed by atoms with Crippen LogP contribution >= 0.6 is 23.2 Å². The molecular formula is C16H14Cl2N2O3. The highest BCUT2D eigenvalue weighted by Gasteiger charge is 2.19. The summed E-state index contributed by atoms with van der Waals surface area (Å²) in [6.07, 6.45) is 0.297. The Morgan fingerprint density at radius 2 is 1.96 bits per heavy atom. The molecule has 1 N–H and O–H groups in total. The van der Waals surface area contributed by atoms with Crippen LogP contribution in [0.5, 0.6) is 0 Å². The van der Waals surface area contributed by atoms with Crippen LogP contribution in [-0.2, 0) is 16.1 Å². The van der Waals surface area contributed by atoms with E-state index in [-0.39, 0.29) is 15.7 Å². The minimum Gasteiger partial charge on any atom is -0.449 e. The van der Waals surface area contributed by atoms with Gasteiger partial charge in [0.2, 0.25) is 0 Å². The number of hydrogen-bond donors (Lipinski definition) is 1. The van der Waals surface area contributed by atoms with Crippen molar-refractivity contribution in [2.75, 3.05) is 0 Å². The molecule has 2 rings (SSSR count). The number of nitrogens with one attached hydrogen (secondary N) is 1. The summed E-state index contributed by atoms with van der Waals surface area (Å²) in [5.74, 6) is -1.09. The molecule has 0 saturated carbocycles. The van der Waals surface area contributed by atoms with Gasteiger partial charge in [0, 0.05) is 12.7 Å². The molecule has 7 heteroatoms. The molecule has 5 nitrogen and oxygen atoms in total. The summed E-state index contributed by atoms with van der Waals surface area (Å²) in [5.41, 5.74) is 1.08. The van der Waals surface area contributed by atoms with Crippen LogP contribution in [0.25, 0.3) is 0 Å². The van der Waals surface area contributed by atoms with E-state index < -0.39 is 18.0 Å². The maximum atomic E-state index is 12.0. The Balaban J connectivity index is 1.89. The first-order valence-electron chi connectivity index (χ1n) is 6.81. The van der Waals surface area contributed by atoms with Crippen molar-refractivity contribution in [2.45, 2.75) is 19.6 Å². The lowest BCUT2D eigenvalue weighted by atomic mass is 10.2. The largest absolute Gasteiger partial charge is 0.449 e. The zero-order valence-corrected chi connectivity index (χ0v) is 13.8. The van der Waals surface area contributed by atoms with Crippen LogP contribution in [0.1, 0.15) is 22.8 Å². The van der Waals surface area contributed by atoms with E-state index >= 15 is 0 Å². The Morgan fingerprint density at radius 1 is 1.26 bits per heavy atom. The van der Waals surface area contributed by atoms with E-state index in [4.69, 9.17) is 27.9 Å². The van der Waals surface area contributed by atoms with Gasteiger partial charge in [-0.25, -0.2) is 9.78 Å². The van der Waals surface area contributed by atoms with Crippen LogP contribution in [-0.4, -0.2) is 23.0 Å². The van der Waals surface area contributed by atoms with Crippen LogP contribution in [0, 0.1) is 0 Å². The summed E-state index contributed by atoms with van der Waals surface area (Å²) >= 11 is 11.5. The molecule has 1 heterocycles. The van der Waals surface area contributed by atoms with E-state index in [2.05, 4.69) is 10.3 Å². The number of rotatable bonds is 5. The Morgan fingerprint density at radius 3 is 2.61 bits per heavy atom. The Hall–Kier alpha value is -2.11. The van der Waals surface area contributed by atoms with Gasteiger partial charge >= 0.3 is 5.97 Å². The van der Waals surface area contributed by atoms with Crippen LogP contribution in [0.15, 0.2) is 42.6 Å². The van der Waals surface area contributed by atoms with Gasteiger partial charge in [0.25, 0.3) is 5.91 Å². The van der Waals surface area contributed by atoms with Crippen LogP contribution in [0.4, 0.5) is 0 Å². The van der Waals surface area contributed by atoms with E-state index in [1.807, 2.05) is 30.3 Å². The van der Waals surface area contributed by atoms with Gasteiger partial charge < -0.3 is 10.1 Å². The van der Waals surface area contributed by atoms with Crippen molar-refractivity contribution in [1.82, 2.24) is 10.3 Å². The monoisotopic (exact) mass is 352 g/mol. The highest BCUT2D eigenvalue weighted by molar-refractivity contribution is 6.41. The second-order valence-corrected chi connectivity index (χ2v) is 5.51. The molecule has 0 aliphatic carbocycles. The van der Waals surface area contributed by atoms with Gasteiger partial charge in [-0.3, -0.25) is 4.79 Å². The summed E-state index contributed by atoms with van der Waals surface area (Å²) in [6.45, 7) is 1.85. The van der Waals surface area contributed by atoms with Gasteiger partial charge in [0.15, 0.2) is 6.10 Å². The summed E-state index contributed by atoms with van der Waals surface area (Å²) < 4.78 is 5.09. The summed E-state index contributed by atoms with van der Waals surface area (Å²) in [7, 11) is 0. The molecule has 2 aromatic rings. The molecule has 23 heavy (non-hydrogen) atoms. The fourth-order valence-electron chi connectivity index (χ4n) is 1.74. The lowest BCUT2D eigenvalue weighted by Gasteiger charge is -2.13. The van der Waals surface area contributed by atoms with Crippen LogP contribution in [0.2, 0.25) is 10.2 Å². The standard InChI is InChI=1S/C16H14Cl2N2O3/c1-10(15(21)20-8-11-5-3-2-4-6-11)23-16(22)12-7-13(17)14(18)19-9-12/h2-7,9-10H,8H2,1H3,(H,20,21)/t10-/m1/s1. The zero-order chi connectivity index (χ0) is 16.8. The Labute approximate surface area is 143 Å². The number of benzene rings is 1. The van der Waals surface area contributed by atoms with Crippen molar-refractivity contribution < 1.29 is 14.3 Å². The Bertz CT molecular complexity index is 708. The molecule has 0 aliphatic rings. The number of pyridine rings is 1. The fraction of sp³-hybridized carbons (Fsp3) is 0.188. The summed E-state index contributed by atoms with van der Waals surface area (Å²) in [4.78, 5) is 27.7. The molecule has 0 saturated heterocycles. The lowest BCUT2D eigenvalue weighted by Crippen LogP contribution is -2.35. The zero-order valence-electron chi connectivity index (χ0n) is 12.3. The van der Waals surface area contributed by atoms with Crippen molar-refractivity contribution in [1.29, 1.82) is 0 Å². The summed E-state index contributed by atoms with van der Waals surface area (Å²) in [5, 5.41) is 2.93. The quantitative estimate of drug-likeness (QED) is 0.662. The van der Waals surface area contributed by atoms with Gasteiger partial charge in [-0.05, 0) is 18.6 Å². The first-order chi connectivity index (χ1) is 11.0. The number of aromatic nitrogens is 1. The highest BCUT2D eigenvalue weighted by Crippen LogP contribution is 2.20. The molecule has 120 valence electrons. The number of nitrogens with zero attached hydrogens (tertiary/aromatic N) is 1. The maximum absolute atomic E-state index is 12.0. The van der Waals surface area contributed by atoms with E-state index in [1.165, 1.54) is 19.2 Å². The second kappa shape index (κ2) is 7.94. The number of halogens is 2. The first-order valence-corrected chi connectivity index (χ1v) is 7.56. The average Bonchev–Trinajstić information content (AvgIpc) is 2.55. The van der Waals surface area contributed by atoms with E-state index in [1.54, 1.807) is 0 Å². The van der Waals surface area contributed by atoms with Crippen molar-refractivity contribution in [3.63, 3.8) is 0 Å². The normalized spacial score (nSPS) is 11.6. The fourth-order valence-corrected chi connectivity index (χ4v) is 2.01. The van der Waals surface area contributed by atoms with Crippen LogP contribution in [0.3, 0.4) is 0 Å². The summed E-state index contributed by atoms with van der Waals surface area (Å²) in [6, 6.07) is 10.8. The number of esters is 1. The van der Waals surface area contributed by atoms with Crippen molar-refractivity contribution >= 4 is 35.1 Å². The number of hydrogen-bond acceptors (Lipinski definition) is 4. The van der Waals surface area contributed by atoms with Crippen molar-refractivity contribution in [3.8, 4) is 0 Å². The molecule has 0 aliphatic heterocycles. The predicted octanol–water partition coefficient (Wildman–Crippen LogP) is 3.25. The van der Waals surface area contributed by atoms with Crippen LogP contribution < -0.4 is 5.32 Å². The minimum absolute atomic E-state index is 0.0943. The smallest absolute Gasteiger partial charge is 0.340 e. The first kappa shape index (κ1) is 17.2. The number of amides is 1. The van der Waals surface area contributed by atoms with Gasteiger partial charge in [-0.1, -0.05) is 53.5 Å². The molecule has 0 fully saturated rings. The molecular weight excluding hydrogens is 339 g/mol. The molecule has 1 aromatic carbocycles. The number of ether oxygens (including phenoxy) is 1. The number of carbonyl (C=O) groups excluding carboxylic acids is 2. The predicted molar refractivity (Wildman–Crippen MR) is 87.4 cm³/mol. The SMILES string of the molecule is C[C@@H](OC(=O)c1cnc(Cl)c(Cl)c1)C(=O)NCc1ccccc1. The topological polar surface area (TPSA) is 68.3 Å². The van der Waals surface area contributed by atoms with E-state index in [0.29, 0.717) is 6.54 Å². The van der Waals surface area contributed by atoms with Crippen molar-refractivity contribution in [2.24, 2.45) is 0 Å². The van der Waals surface area contributed by atoms with Gasteiger partial charge in [0.05, 0.1) is 10.6 Å². The molecule has 0 bridgehead atoms. The third kappa shape index (κ3) is 4.94. The van der Waals surface area contributed by atoms with Gasteiger partial charge in [0.1, 0.15) is 5.15 Å². The third-order valence-corrected chi connectivity index (χ3v) is 3.68. The minimum atomic E-state index is -0.944. The molecule has 1 amide bonds. The van der Waals surface area contributed by atoms with Gasteiger partial charge in [-0.15, -0.1) is 0 Å². The number of carbonyl (C=O) groups is 2. The molecule has 1 aromatic heterocycles. The third-order valence-electron chi connectivity index (χ3n) is 2.99. The molecule has 0 spiro atoms. The molecule has 0 unspecified atom stereocenters. The highest BCUT2D eigenvalue weighted by atomic mass is 35.5. The Kier molecular flexibility index (Phi) is 5.96. The average molecular weight is 353 g/mol. The molecule has 0 radical (unpaired) electrons. The second-order valence-electron chi connectivity index (χ2n) is 4.75. The lowest BCUT2D eigenvalue weighted by molar-refractivity contribution is -0.129.